The maximum absolute atomic E-state index is 11.6. The highest BCUT2D eigenvalue weighted by atomic mass is 16.6. The fourth-order valence-corrected chi connectivity index (χ4v) is 2.85. The summed E-state index contributed by atoms with van der Waals surface area (Å²) in [5, 5.41) is 9.37. The minimum atomic E-state index is -0.459. The molecule has 1 atom stereocenters. The predicted octanol–water partition coefficient (Wildman–Crippen LogP) is 2.19. The summed E-state index contributed by atoms with van der Waals surface area (Å²) in [4.78, 5) is 18.8. The molecule has 0 bridgehead atoms. The van der Waals surface area contributed by atoms with Crippen molar-refractivity contribution in [1.29, 1.82) is 0 Å². The van der Waals surface area contributed by atoms with E-state index in [9.17, 15) is 4.79 Å². The number of rotatable bonds is 9. The van der Waals surface area contributed by atoms with Crippen molar-refractivity contribution in [3.63, 3.8) is 0 Å². The average molecular weight is 370 g/mol. The van der Waals surface area contributed by atoms with Gasteiger partial charge >= 0.3 is 6.09 Å². The summed E-state index contributed by atoms with van der Waals surface area (Å²) in [5.41, 5.74) is -0.459. The van der Waals surface area contributed by atoms with E-state index >= 15 is 0 Å². The van der Waals surface area contributed by atoms with Gasteiger partial charge in [-0.2, -0.15) is 0 Å². The molecule has 0 saturated carbocycles. The standard InChI is InChI=1S/C19H39N5O2/c1-6-20-17(23-14-16(2)15-24-12-7-8-13-24)21-10-9-11-22-18(25)26-19(3,4)5/h16H,6-15H2,1-5H3,(H,22,25)(H2,20,21,23). The Bertz CT molecular complexity index is 428. The van der Waals surface area contributed by atoms with E-state index in [0.29, 0.717) is 12.5 Å². The fraction of sp³-hybridized carbons (Fsp3) is 0.895. The first-order valence-electron chi connectivity index (χ1n) is 10.0. The Balaban J connectivity index is 2.21. The minimum absolute atomic E-state index is 0.367. The highest BCUT2D eigenvalue weighted by Crippen LogP contribution is 2.10. The number of hydrogen-bond acceptors (Lipinski definition) is 4. The first kappa shape index (κ1) is 22.5. The maximum atomic E-state index is 11.6. The van der Waals surface area contributed by atoms with E-state index in [4.69, 9.17) is 9.73 Å². The van der Waals surface area contributed by atoms with E-state index in [1.54, 1.807) is 0 Å². The van der Waals surface area contributed by atoms with Crippen LogP contribution in [0.15, 0.2) is 4.99 Å². The molecule has 1 heterocycles. The molecular formula is C19H39N5O2. The predicted molar refractivity (Wildman–Crippen MR) is 108 cm³/mol. The molecule has 0 aliphatic carbocycles. The van der Waals surface area contributed by atoms with Gasteiger partial charge in [0.15, 0.2) is 5.96 Å². The number of nitrogens with zero attached hydrogens (tertiary/aromatic N) is 2. The Morgan fingerprint density at radius 3 is 2.42 bits per heavy atom. The molecule has 7 nitrogen and oxygen atoms in total. The monoisotopic (exact) mass is 369 g/mol. The molecule has 1 amide bonds. The molecule has 0 radical (unpaired) electrons. The molecule has 1 saturated heterocycles. The van der Waals surface area contributed by atoms with Crippen molar-refractivity contribution in [1.82, 2.24) is 20.9 Å². The van der Waals surface area contributed by atoms with Gasteiger partial charge in [0.1, 0.15) is 5.60 Å². The largest absolute Gasteiger partial charge is 0.444 e. The molecular weight excluding hydrogens is 330 g/mol. The van der Waals surface area contributed by atoms with Crippen LogP contribution in [0.3, 0.4) is 0 Å². The van der Waals surface area contributed by atoms with Crippen LogP contribution < -0.4 is 16.0 Å². The molecule has 1 aliphatic rings. The third-order valence-electron chi connectivity index (χ3n) is 3.99. The second-order valence-corrected chi connectivity index (χ2v) is 8.04. The topological polar surface area (TPSA) is 78.0 Å². The molecule has 1 fully saturated rings. The van der Waals surface area contributed by atoms with Crippen LogP contribution in [-0.2, 0) is 4.74 Å². The van der Waals surface area contributed by atoms with Gasteiger partial charge in [-0.1, -0.05) is 6.92 Å². The second-order valence-electron chi connectivity index (χ2n) is 8.04. The first-order valence-corrected chi connectivity index (χ1v) is 10.0. The quantitative estimate of drug-likeness (QED) is 0.330. The summed E-state index contributed by atoms with van der Waals surface area (Å²) in [6.07, 6.45) is 3.11. The van der Waals surface area contributed by atoms with E-state index in [0.717, 1.165) is 38.6 Å². The van der Waals surface area contributed by atoms with Crippen LogP contribution in [0.25, 0.3) is 0 Å². The smallest absolute Gasteiger partial charge is 0.407 e. The van der Waals surface area contributed by atoms with Crippen molar-refractivity contribution in [2.45, 2.75) is 59.5 Å². The first-order chi connectivity index (χ1) is 12.3. The van der Waals surface area contributed by atoms with E-state index in [-0.39, 0.29) is 6.09 Å². The molecule has 26 heavy (non-hydrogen) atoms. The molecule has 152 valence electrons. The second kappa shape index (κ2) is 12.0. The Morgan fingerprint density at radius 1 is 1.15 bits per heavy atom. The van der Waals surface area contributed by atoms with Crippen molar-refractivity contribution in [3.8, 4) is 0 Å². The third kappa shape index (κ3) is 11.2. The summed E-state index contributed by atoms with van der Waals surface area (Å²) in [6, 6.07) is 0. The number of amides is 1. The normalized spacial score (nSPS) is 17.0. The number of alkyl carbamates (subject to hydrolysis) is 1. The summed E-state index contributed by atoms with van der Waals surface area (Å²) in [5.74, 6) is 1.40. The van der Waals surface area contributed by atoms with Crippen LogP contribution in [0.5, 0.6) is 0 Å². The zero-order chi connectivity index (χ0) is 19.4. The van der Waals surface area contributed by atoms with Gasteiger partial charge in [0, 0.05) is 32.7 Å². The van der Waals surface area contributed by atoms with Crippen LogP contribution in [-0.4, -0.2) is 68.4 Å². The number of likely N-dealkylation sites (tertiary alicyclic amines) is 1. The van der Waals surface area contributed by atoms with Gasteiger partial charge < -0.3 is 25.6 Å². The maximum Gasteiger partial charge on any atom is 0.407 e. The number of aliphatic imine (C=N–C) groups is 1. The fourth-order valence-electron chi connectivity index (χ4n) is 2.85. The molecule has 0 aromatic rings. The van der Waals surface area contributed by atoms with Crippen LogP contribution in [0.4, 0.5) is 4.79 Å². The highest BCUT2D eigenvalue weighted by molar-refractivity contribution is 5.79. The Kier molecular flexibility index (Phi) is 10.4. The van der Waals surface area contributed by atoms with E-state index in [1.807, 2.05) is 20.8 Å². The molecule has 0 spiro atoms. The highest BCUT2D eigenvalue weighted by Gasteiger charge is 2.16. The molecule has 1 aliphatic heterocycles. The SMILES string of the molecule is CCNC(=NCC(C)CN1CCCC1)NCCCNC(=O)OC(C)(C)C. The Labute approximate surface area is 159 Å². The number of nitrogens with one attached hydrogen (secondary N) is 3. The van der Waals surface area contributed by atoms with Crippen LogP contribution >= 0.6 is 0 Å². The lowest BCUT2D eigenvalue weighted by Gasteiger charge is -2.20. The molecule has 1 unspecified atom stereocenters. The van der Waals surface area contributed by atoms with Gasteiger partial charge in [-0.25, -0.2) is 4.79 Å². The van der Waals surface area contributed by atoms with Gasteiger partial charge in [0.05, 0.1) is 0 Å². The number of carbonyl (C=O) groups is 1. The van der Waals surface area contributed by atoms with Gasteiger partial charge in [0.2, 0.25) is 0 Å². The average Bonchev–Trinajstić information content (AvgIpc) is 3.03. The lowest BCUT2D eigenvalue weighted by Crippen LogP contribution is -2.39. The van der Waals surface area contributed by atoms with Crippen molar-refractivity contribution in [2.75, 3.05) is 45.8 Å². The molecule has 0 aromatic carbocycles. The van der Waals surface area contributed by atoms with E-state index in [1.165, 1.54) is 25.9 Å². The minimum Gasteiger partial charge on any atom is -0.444 e. The van der Waals surface area contributed by atoms with Crippen molar-refractivity contribution in [3.05, 3.63) is 0 Å². The molecule has 3 N–H and O–H groups in total. The summed E-state index contributed by atoms with van der Waals surface area (Å²) >= 11 is 0. The summed E-state index contributed by atoms with van der Waals surface area (Å²) in [6.45, 7) is 16.5. The van der Waals surface area contributed by atoms with E-state index in [2.05, 4.69) is 34.7 Å². The van der Waals surface area contributed by atoms with Gasteiger partial charge in [-0.3, -0.25) is 4.99 Å². The molecule has 1 rings (SSSR count). The van der Waals surface area contributed by atoms with Crippen LogP contribution in [0, 0.1) is 5.92 Å². The van der Waals surface area contributed by atoms with Crippen LogP contribution in [0.1, 0.15) is 53.9 Å². The summed E-state index contributed by atoms with van der Waals surface area (Å²) < 4.78 is 5.21. The number of hydrogen-bond donors (Lipinski definition) is 3. The number of ether oxygens (including phenoxy) is 1. The molecule has 0 aromatic heterocycles. The Morgan fingerprint density at radius 2 is 1.81 bits per heavy atom. The van der Waals surface area contributed by atoms with E-state index < -0.39 is 5.60 Å². The summed E-state index contributed by atoms with van der Waals surface area (Å²) in [7, 11) is 0. The van der Waals surface area contributed by atoms with Crippen LogP contribution in [0.2, 0.25) is 0 Å². The zero-order valence-corrected chi connectivity index (χ0v) is 17.4. The van der Waals surface area contributed by atoms with Crippen molar-refractivity contribution < 1.29 is 9.53 Å². The van der Waals surface area contributed by atoms with Gasteiger partial charge in [-0.15, -0.1) is 0 Å². The molecule has 7 heteroatoms. The van der Waals surface area contributed by atoms with Crippen molar-refractivity contribution >= 4 is 12.1 Å². The number of guanidine groups is 1. The lowest BCUT2D eigenvalue weighted by atomic mass is 10.2. The van der Waals surface area contributed by atoms with Gasteiger partial charge in [-0.05, 0) is 66.0 Å². The lowest BCUT2D eigenvalue weighted by molar-refractivity contribution is 0.0527. The third-order valence-corrected chi connectivity index (χ3v) is 3.99. The zero-order valence-electron chi connectivity index (χ0n) is 17.4. The Hall–Kier alpha value is -1.50. The van der Waals surface area contributed by atoms with Gasteiger partial charge in [0.25, 0.3) is 0 Å². The van der Waals surface area contributed by atoms with Crippen molar-refractivity contribution in [2.24, 2.45) is 10.9 Å². The number of carbonyl (C=O) groups excluding carboxylic acids is 1.